The summed E-state index contributed by atoms with van der Waals surface area (Å²) < 4.78 is 35.2. The van der Waals surface area contributed by atoms with Crippen LogP contribution in [0.1, 0.15) is 19.8 Å². The van der Waals surface area contributed by atoms with Crippen LogP contribution in [0.4, 0.5) is 0 Å². The first-order valence-corrected chi connectivity index (χ1v) is 11.8. The third kappa shape index (κ3) is 4.42. The average Bonchev–Trinajstić information content (AvgIpc) is 3.23. The van der Waals surface area contributed by atoms with Crippen LogP contribution in [0.2, 0.25) is 0 Å². The van der Waals surface area contributed by atoms with Crippen LogP contribution >= 0.6 is 0 Å². The molecule has 1 fully saturated rings. The lowest BCUT2D eigenvalue weighted by Crippen LogP contribution is -2.39. The Hall–Kier alpha value is -2.64. The predicted octanol–water partition coefficient (Wildman–Crippen LogP) is 4.05. The molecule has 0 bridgehead atoms. The molecule has 0 radical (unpaired) electrons. The molecular formula is C23H27N3O3S. The van der Waals surface area contributed by atoms with Gasteiger partial charge < -0.3 is 9.30 Å². The van der Waals surface area contributed by atoms with Gasteiger partial charge in [0, 0.05) is 37.6 Å². The Bertz CT molecular complexity index is 1050. The Balaban J connectivity index is 1.39. The van der Waals surface area contributed by atoms with Gasteiger partial charge in [0.25, 0.3) is 0 Å². The summed E-state index contributed by atoms with van der Waals surface area (Å²) in [6.45, 7) is 4.39. The molecule has 0 spiro atoms. The van der Waals surface area contributed by atoms with E-state index < -0.39 is 10.0 Å². The molecule has 0 N–H and O–H groups in total. The zero-order valence-corrected chi connectivity index (χ0v) is 18.0. The summed E-state index contributed by atoms with van der Waals surface area (Å²) in [6.07, 6.45) is 5.50. The monoisotopic (exact) mass is 425 g/mol. The highest BCUT2D eigenvalue weighted by atomic mass is 32.2. The van der Waals surface area contributed by atoms with Crippen molar-refractivity contribution in [3.05, 3.63) is 67.0 Å². The predicted molar refractivity (Wildman–Crippen MR) is 117 cm³/mol. The van der Waals surface area contributed by atoms with E-state index in [2.05, 4.69) is 21.7 Å². The van der Waals surface area contributed by atoms with E-state index in [4.69, 9.17) is 4.74 Å². The molecule has 2 aromatic carbocycles. The van der Waals surface area contributed by atoms with Crippen LogP contribution in [0.15, 0.2) is 71.9 Å². The van der Waals surface area contributed by atoms with Gasteiger partial charge in [0.1, 0.15) is 11.6 Å². The molecule has 1 saturated heterocycles. The number of hydrogen-bond acceptors (Lipinski definition) is 4. The molecule has 3 aromatic rings. The topological polar surface area (TPSA) is 64.4 Å². The van der Waals surface area contributed by atoms with Crippen molar-refractivity contribution >= 4 is 10.0 Å². The molecule has 30 heavy (non-hydrogen) atoms. The number of hydrogen-bond donors (Lipinski definition) is 0. The van der Waals surface area contributed by atoms with E-state index in [-0.39, 0.29) is 0 Å². The first-order chi connectivity index (χ1) is 14.6. The summed E-state index contributed by atoms with van der Waals surface area (Å²) in [5.41, 5.74) is 1.10. The molecular weight excluding hydrogens is 398 g/mol. The van der Waals surface area contributed by atoms with Crippen molar-refractivity contribution in [1.82, 2.24) is 13.9 Å². The van der Waals surface area contributed by atoms with Gasteiger partial charge in [0.15, 0.2) is 0 Å². The first-order valence-electron chi connectivity index (χ1n) is 10.4. The van der Waals surface area contributed by atoms with E-state index in [0.29, 0.717) is 36.3 Å². The molecule has 6 nitrogen and oxygen atoms in total. The highest BCUT2D eigenvalue weighted by Gasteiger charge is 2.29. The Morgan fingerprint density at radius 1 is 1.03 bits per heavy atom. The lowest BCUT2D eigenvalue weighted by molar-refractivity contribution is 0.253. The lowest BCUT2D eigenvalue weighted by Gasteiger charge is -2.31. The standard InChI is InChI=1S/C23H27N3O3S/c1-2-29-21-8-10-22(11-9-21)30(27,28)26-15-12-19(13-16-26)18-25-17-14-24-23(25)20-6-4-3-5-7-20/h3-11,14,17,19H,2,12-13,15-16,18H2,1H3. The average molecular weight is 426 g/mol. The highest BCUT2D eigenvalue weighted by Crippen LogP contribution is 2.27. The van der Waals surface area contributed by atoms with Gasteiger partial charge in [-0.15, -0.1) is 0 Å². The maximum Gasteiger partial charge on any atom is 0.243 e. The van der Waals surface area contributed by atoms with Crippen molar-refractivity contribution in [2.24, 2.45) is 5.92 Å². The fraction of sp³-hybridized carbons (Fsp3) is 0.348. The molecule has 4 rings (SSSR count). The number of nitrogens with zero attached hydrogens (tertiary/aromatic N) is 3. The second-order valence-corrected chi connectivity index (χ2v) is 9.46. The van der Waals surface area contributed by atoms with E-state index in [1.165, 1.54) is 0 Å². The normalized spacial score (nSPS) is 15.9. The van der Waals surface area contributed by atoms with E-state index in [1.807, 2.05) is 37.5 Å². The van der Waals surface area contributed by atoms with Crippen LogP contribution in [-0.4, -0.2) is 42.0 Å². The largest absolute Gasteiger partial charge is 0.494 e. The van der Waals surface area contributed by atoms with E-state index in [9.17, 15) is 8.42 Å². The van der Waals surface area contributed by atoms with Crippen molar-refractivity contribution in [3.8, 4) is 17.1 Å². The van der Waals surface area contributed by atoms with E-state index in [1.54, 1.807) is 28.6 Å². The summed E-state index contributed by atoms with van der Waals surface area (Å²) in [4.78, 5) is 4.84. The summed E-state index contributed by atoms with van der Waals surface area (Å²) in [6, 6.07) is 16.8. The number of sulfonamides is 1. The molecule has 1 aromatic heterocycles. The van der Waals surface area contributed by atoms with Gasteiger partial charge in [-0.05, 0) is 49.9 Å². The minimum absolute atomic E-state index is 0.324. The lowest BCUT2D eigenvalue weighted by atomic mass is 9.98. The van der Waals surface area contributed by atoms with Gasteiger partial charge in [-0.3, -0.25) is 0 Å². The smallest absolute Gasteiger partial charge is 0.243 e. The second kappa shape index (κ2) is 9.02. The minimum atomic E-state index is -3.47. The molecule has 7 heteroatoms. The van der Waals surface area contributed by atoms with Crippen LogP contribution in [-0.2, 0) is 16.6 Å². The van der Waals surface area contributed by atoms with Gasteiger partial charge in [-0.1, -0.05) is 30.3 Å². The van der Waals surface area contributed by atoms with Crippen LogP contribution in [0.5, 0.6) is 5.75 Å². The summed E-state index contributed by atoms with van der Waals surface area (Å²) in [7, 11) is -3.47. The van der Waals surface area contributed by atoms with E-state index >= 15 is 0 Å². The quantitative estimate of drug-likeness (QED) is 0.573. The first kappa shape index (κ1) is 20.6. The maximum atomic E-state index is 13.0. The van der Waals surface area contributed by atoms with Crippen molar-refractivity contribution < 1.29 is 13.2 Å². The molecule has 0 saturated carbocycles. The number of rotatable bonds is 7. The fourth-order valence-corrected chi connectivity index (χ4v) is 5.41. The zero-order valence-electron chi connectivity index (χ0n) is 17.1. The second-order valence-electron chi connectivity index (χ2n) is 7.52. The molecule has 0 aliphatic carbocycles. The van der Waals surface area contributed by atoms with Gasteiger partial charge in [0.2, 0.25) is 10.0 Å². The third-order valence-corrected chi connectivity index (χ3v) is 7.46. The fourth-order valence-electron chi connectivity index (χ4n) is 3.94. The Kier molecular flexibility index (Phi) is 6.20. The van der Waals surface area contributed by atoms with Gasteiger partial charge in [-0.2, -0.15) is 4.31 Å². The van der Waals surface area contributed by atoms with Gasteiger partial charge in [0.05, 0.1) is 11.5 Å². The summed E-state index contributed by atoms with van der Waals surface area (Å²) in [5, 5.41) is 0. The molecule has 0 amide bonds. The summed E-state index contributed by atoms with van der Waals surface area (Å²) in [5.74, 6) is 2.07. The molecule has 0 atom stereocenters. The van der Waals surface area contributed by atoms with Crippen molar-refractivity contribution in [2.75, 3.05) is 19.7 Å². The van der Waals surface area contributed by atoms with Crippen LogP contribution in [0.25, 0.3) is 11.4 Å². The zero-order chi connectivity index (χ0) is 21.0. The van der Waals surface area contributed by atoms with Crippen LogP contribution in [0.3, 0.4) is 0 Å². The number of ether oxygens (including phenoxy) is 1. The molecule has 2 heterocycles. The molecule has 0 unspecified atom stereocenters. The van der Waals surface area contributed by atoms with Crippen LogP contribution in [0, 0.1) is 5.92 Å². The highest BCUT2D eigenvalue weighted by molar-refractivity contribution is 7.89. The molecule has 1 aliphatic heterocycles. The van der Waals surface area contributed by atoms with Gasteiger partial charge >= 0.3 is 0 Å². The van der Waals surface area contributed by atoms with Crippen molar-refractivity contribution in [3.63, 3.8) is 0 Å². The van der Waals surface area contributed by atoms with E-state index in [0.717, 1.165) is 30.8 Å². The Morgan fingerprint density at radius 2 is 1.73 bits per heavy atom. The molecule has 158 valence electrons. The Morgan fingerprint density at radius 3 is 2.40 bits per heavy atom. The number of imidazole rings is 1. The Labute approximate surface area is 178 Å². The number of aromatic nitrogens is 2. The van der Waals surface area contributed by atoms with Gasteiger partial charge in [-0.25, -0.2) is 13.4 Å². The minimum Gasteiger partial charge on any atom is -0.494 e. The third-order valence-electron chi connectivity index (χ3n) is 5.55. The summed E-state index contributed by atoms with van der Waals surface area (Å²) >= 11 is 0. The maximum absolute atomic E-state index is 13.0. The number of piperidine rings is 1. The molecule has 1 aliphatic rings. The van der Waals surface area contributed by atoms with Crippen molar-refractivity contribution in [2.45, 2.75) is 31.2 Å². The van der Waals surface area contributed by atoms with Crippen LogP contribution < -0.4 is 4.74 Å². The SMILES string of the molecule is CCOc1ccc(S(=O)(=O)N2CCC(Cn3ccnc3-c3ccccc3)CC2)cc1. The van der Waals surface area contributed by atoms with Crippen molar-refractivity contribution in [1.29, 1.82) is 0 Å². The number of benzene rings is 2.